The fraction of sp³-hybridized carbons (Fsp3) is 0.208. The molecular formula is C24H35Hf-7. The molecule has 0 saturated carbocycles. The van der Waals surface area contributed by atoms with Crippen molar-refractivity contribution in [1.82, 2.24) is 0 Å². The van der Waals surface area contributed by atoms with Crippen molar-refractivity contribution < 1.29 is 25.8 Å². The molecule has 0 atom stereocenters. The van der Waals surface area contributed by atoms with Gasteiger partial charge in [-0.2, -0.15) is 37.3 Å². The minimum Gasteiger partial charge on any atom is -0.358 e. The van der Waals surface area contributed by atoms with Crippen LogP contribution in [-0.4, -0.2) is 0 Å². The third-order valence-corrected chi connectivity index (χ3v) is 3.76. The maximum absolute atomic E-state index is 3.25. The number of benzene rings is 1. The van der Waals surface area contributed by atoms with Gasteiger partial charge >= 0.3 is 0 Å². The van der Waals surface area contributed by atoms with Gasteiger partial charge in [0.2, 0.25) is 0 Å². The summed E-state index contributed by atoms with van der Waals surface area (Å²) in [5.41, 5.74) is 4.59. The first-order valence-corrected chi connectivity index (χ1v) is 7.40. The van der Waals surface area contributed by atoms with E-state index in [2.05, 4.69) is 38.1 Å². The van der Waals surface area contributed by atoms with Crippen LogP contribution in [0.25, 0.3) is 10.8 Å². The molecule has 1 heteroatoms. The van der Waals surface area contributed by atoms with Gasteiger partial charge in [-0.3, -0.25) is 0 Å². The third kappa shape index (κ3) is 8.31. The molecule has 0 heterocycles. The Bertz CT molecular complexity index is 612. The van der Waals surface area contributed by atoms with Crippen LogP contribution in [0, 0.1) is 43.6 Å². The zero-order valence-electron chi connectivity index (χ0n) is 17.0. The molecule has 0 aliphatic heterocycles. The summed E-state index contributed by atoms with van der Waals surface area (Å²) < 4.78 is 0. The van der Waals surface area contributed by atoms with Crippen molar-refractivity contribution in [2.24, 2.45) is 0 Å². The molecule has 0 unspecified atom stereocenters. The predicted molar refractivity (Wildman–Crippen MR) is 115 cm³/mol. The monoisotopic (exact) mass is 503 g/mol. The van der Waals surface area contributed by atoms with Crippen molar-refractivity contribution in [3.63, 3.8) is 0 Å². The van der Waals surface area contributed by atoms with Crippen molar-refractivity contribution in [2.45, 2.75) is 33.1 Å². The number of hydrogen-bond donors (Lipinski definition) is 0. The van der Waals surface area contributed by atoms with Crippen molar-refractivity contribution in [3.05, 3.63) is 108 Å². The van der Waals surface area contributed by atoms with E-state index < -0.39 is 0 Å². The topological polar surface area (TPSA) is 0 Å². The second-order valence-electron chi connectivity index (χ2n) is 5.04. The molecule has 0 N–H and O–H groups in total. The van der Waals surface area contributed by atoms with Crippen molar-refractivity contribution in [2.75, 3.05) is 0 Å². The average molecular weight is 502 g/mol. The van der Waals surface area contributed by atoms with E-state index in [4.69, 9.17) is 0 Å². The molecule has 0 aromatic heterocycles. The number of hydrogen-bond acceptors (Lipinski definition) is 0. The van der Waals surface area contributed by atoms with Crippen LogP contribution in [0.1, 0.15) is 30.0 Å². The van der Waals surface area contributed by atoms with Gasteiger partial charge in [0, 0.05) is 25.8 Å². The largest absolute Gasteiger partial charge is 0.358 e. The van der Waals surface area contributed by atoms with Gasteiger partial charge in [-0.15, -0.1) is 28.5 Å². The SMILES string of the molecule is C[c-]1ccc2cc3c(cc21)CCC3.[CH2-]C.[CH3-].[CH3-].[CH3-].[CH3-].[Hf].c1cc[cH-]c1. The van der Waals surface area contributed by atoms with E-state index in [1.165, 1.54) is 35.6 Å². The molecule has 4 rings (SSSR count). The molecule has 0 bridgehead atoms. The van der Waals surface area contributed by atoms with Gasteiger partial charge in [0.25, 0.3) is 0 Å². The molecule has 25 heavy (non-hydrogen) atoms. The summed E-state index contributed by atoms with van der Waals surface area (Å²) >= 11 is 0. The Hall–Kier alpha value is -0.950. The fourth-order valence-electron chi connectivity index (χ4n) is 2.75. The van der Waals surface area contributed by atoms with Crippen LogP contribution in [0.5, 0.6) is 0 Å². The first-order valence-electron chi connectivity index (χ1n) is 7.40. The second-order valence-corrected chi connectivity index (χ2v) is 5.04. The minimum absolute atomic E-state index is 0. The maximum Gasteiger partial charge on any atom is 0 e. The van der Waals surface area contributed by atoms with Gasteiger partial charge in [-0.25, -0.2) is 12.1 Å². The molecule has 1 aliphatic rings. The van der Waals surface area contributed by atoms with Crippen LogP contribution in [0.3, 0.4) is 0 Å². The van der Waals surface area contributed by atoms with Gasteiger partial charge in [0.05, 0.1) is 0 Å². The summed E-state index contributed by atoms with van der Waals surface area (Å²) in [5, 5.41) is 2.89. The Labute approximate surface area is 177 Å². The van der Waals surface area contributed by atoms with Gasteiger partial charge in [-0.1, -0.05) is 18.1 Å². The normalized spacial score (nSPS) is 9.72. The Morgan fingerprint density at radius 2 is 1.44 bits per heavy atom. The van der Waals surface area contributed by atoms with Crippen molar-refractivity contribution >= 4 is 10.8 Å². The van der Waals surface area contributed by atoms with E-state index >= 15 is 0 Å². The summed E-state index contributed by atoms with van der Waals surface area (Å²) in [6.45, 7) is 7.20. The van der Waals surface area contributed by atoms with E-state index in [-0.39, 0.29) is 55.5 Å². The van der Waals surface area contributed by atoms with Crippen molar-refractivity contribution in [1.29, 1.82) is 0 Å². The average Bonchev–Trinajstić information content (AvgIpc) is 3.22. The Morgan fingerprint density at radius 3 is 1.92 bits per heavy atom. The molecule has 0 amide bonds. The predicted octanol–water partition coefficient (Wildman–Crippen LogP) is 7.40. The van der Waals surface area contributed by atoms with Crippen LogP contribution < -0.4 is 0 Å². The summed E-state index contributed by atoms with van der Waals surface area (Å²) in [4.78, 5) is 0. The molecule has 3 aromatic carbocycles. The van der Waals surface area contributed by atoms with Gasteiger partial charge in [0.15, 0.2) is 0 Å². The third-order valence-electron chi connectivity index (χ3n) is 3.76. The molecule has 0 nitrogen and oxygen atoms in total. The standard InChI is InChI=1S/C13H13.C5H5.C2H5.4CH3.Hf/c1-9-5-6-12-7-10-3-2-4-11(10)8-13(9)12;1-2-4-5-3-1;1-2;;;;;/h5-8H,2-4H2,1H3;1-5H;1H2,2H3;4*1H3;/q7*-1;. The molecule has 0 radical (unpaired) electrons. The molecule has 142 valence electrons. The van der Waals surface area contributed by atoms with Gasteiger partial charge in [-0.05, 0) is 19.3 Å². The number of aryl methyl sites for hydroxylation is 3. The Kier molecular flexibility index (Phi) is 21.0. The van der Waals surface area contributed by atoms with Crippen LogP contribution in [0.15, 0.2) is 54.6 Å². The number of rotatable bonds is 0. The minimum atomic E-state index is 0. The number of fused-ring (bicyclic) bond motifs is 2. The van der Waals surface area contributed by atoms with E-state index in [0.717, 1.165) is 0 Å². The van der Waals surface area contributed by atoms with Crippen LogP contribution >= 0.6 is 0 Å². The molecule has 0 spiro atoms. The van der Waals surface area contributed by atoms with Crippen LogP contribution in [0.4, 0.5) is 0 Å². The maximum atomic E-state index is 3.25. The zero-order chi connectivity index (χ0) is 14.4. The molecule has 3 aromatic rings. The zero-order valence-corrected chi connectivity index (χ0v) is 20.6. The van der Waals surface area contributed by atoms with Crippen molar-refractivity contribution in [3.8, 4) is 0 Å². The quantitative estimate of drug-likeness (QED) is 0.222. The second kappa shape index (κ2) is 16.5. The van der Waals surface area contributed by atoms with Crippen LogP contribution in [-0.2, 0) is 38.7 Å². The summed E-state index contributed by atoms with van der Waals surface area (Å²) in [6.07, 6.45) is 3.92. The van der Waals surface area contributed by atoms with Gasteiger partial charge in [0.1, 0.15) is 0 Å². The van der Waals surface area contributed by atoms with Gasteiger partial charge < -0.3 is 36.6 Å². The smallest absolute Gasteiger partial charge is 0 e. The fourth-order valence-corrected chi connectivity index (χ4v) is 2.75. The summed E-state index contributed by atoms with van der Waals surface area (Å²) in [5.74, 6) is 0. The van der Waals surface area contributed by atoms with Crippen LogP contribution in [0.2, 0.25) is 0 Å². The summed E-state index contributed by atoms with van der Waals surface area (Å²) in [7, 11) is 0. The first kappa shape index (κ1) is 31.8. The molecule has 0 fully saturated rings. The molecular weight excluding hydrogens is 467 g/mol. The molecule has 0 saturated heterocycles. The first-order chi connectivity index (χ1) is 9.84. The Balaban J connectivity index is -0.000000162. The van der Waals surface area contributed by atoms with E-state index in [0.29, 0.717) is 0 Å². The summed E-state index contributed by atoms with van der Waals surface area (Å²) in [6, 6.07) is 19.2. The Morgan fingerprint density at radius 1 is 0.920 bits per heavy atom. The van der Waals surface area contributed by atoms with E-state index in [9.17, 15) is 0 Å². The van der Waals surface area contributed by atoms with E-state index in [1.54, 1.807) is 18.1 Å². The molecule has 1 aliphatic carbocycles. The van der Waals surface area contributed by atoms with E-state index in [1.807, 2.05) is 30.3 Å².